The number of nitrogens with zero attached hydrogens (tertiary/aromatic N) is 5. The zero-order valence-electron chi connectivity index (χ0n) is 18.3. The van der Waals surface area contributed by atoms with Crippen molar-refractivity contribution < 1.29 is 19.1 Å². The molecule has 11 nitrogen and oxygen atoms in total. The molecular weight excluding hydrogens is 414 g/mol. The molecule has 3 aromatic rings. The van der Waals surface area contributed by atoms with E-state index >= 15 is 0 Å². The highest BCUT2D eigenvalue weighted by molar-refractivity contribution is 6.07. The number of anilines is 3. The molecule has 3 N–H and O–H groups in total. The number of aliphatic hydroxyl groups excluding tert-OH is 1. The molecule has 0 aliphatic carbocycles. The van der Waals surface area contributed by atoms with Crippen molar-refractivity contribution in [3.63, 3.8) is 0 Å². The maximum absolute atomic E-state index is 12.8. The monoisotopic (exact) mass is 439 g/mol. The third-order valence-corrected chi connectivity index (χ3v) is 5.40. The van der Waals surface area contributed by atoms with Crippen molar-refractivity contribution in [2.45, 2.75) is 26.9 Å². The highest BCUT2D eigenvalue weighted by Gasteiger charge is 2.48. The van der Waals surface area contributed by atoms with E-state index in [1.807, 2.05) is 6.92 Å². The third kappa shape index (κ3) is 3.82. The number of oxazole rings is 1. The number of carbonyl (C=O) groups is 2. The van der Waals surface area contributed by atoms with Gasteiger partial charge in [-0.15, -0.1) is 0 Å². The van der Waals surface area contributed by atoms with Crippen LogP contribution in [0.5, 0.6) is 0 Å². The van der Waals surface area contributed by atoms with E-state index in [1.165, 1.54) is 15.8 Å². The predicted molar refractivity (Wildman–Crippen MR) is 117 cm³/mol. The molecule has 4 heterocycles. The topological polar surface area (TPSA) is 138 Å². The van der Waals surface area contributed by atoms with Gasteiger partial charge >= 0.3 is 0 Å². The molecule has 1 unspecified atom stereocenters. The summed E-state index contributed by atoms with van der Waals surface area (Å²) in [4.78, 5) is 35.5. The van der Waals surface area contributed by atoms with Gasteiger partial charge in [0.05, 0.1) is 24.3 Å². The highest BCUT2D eigenvalue weighted by Crippen LogP contribution is 2.36. The van der Waals surface area contributed by atoms with Crippen molar-refractivity contribution >= 4 is 29.1 Å². The van der Waals surface area contributed by atoms with Gasteiger partial charge in [-0.1, -0.05) is 0 Å². The molecule has 2 amide bonds. The summed E-state index contributed by atoms with van der Waals surface area (Å²) in [5, 5.41) is 20.4. The summed E-state index contributed by atoms with van der Waals surface area (Å²) in [7, 11) is 1.68. The van der Waals surface area contributed by atoms with Gasteiger partial charge in [0.25, 0.3) is 5.91 Å². The Hall–Kier alpha value is -3.73. The summed E-state index contributed by atoms with van der Waals surface area (Å²) < 4.78 is 6.98. The Morgan fingerprint density at radius 2 is 2.19 bits per heavy atom. The number of aromatic nitrogens is 4. The number of aliphatic hydroxyl groups is 1. The fourth-order valence-electron chi connectivity index (χ4n) is 3.46. The largest absolute Gasteiger partial charge is 0.444 e. The molecule has 0 saturated carbocycles. The Labute approximate surface area is 184 Å². The van der Waals surface area contributed by atoms with Crippen LogP contribution in [-0.4, -0.2) is 55.9 Å². The lowest BCUT2D eigenvalue weighted by molar-refractivity contribution is -0.126. The van der Waals surface area contributed by atoms with E-state index in [9.17, 15) is 14.7 Å². The molecule has 1 atom stereocenters. The van der Waals surface area contributed by atoms with E-state index < -0.39 is 17.4 Å². The van der Waals surface area contributed by atoms with Gasteiger partial charge in [0.2, 0.25) is 11.8 Å². The van der Waals surface area contributed by atoms with E-state index in [2.05, 4.69) is 25.7 Å². The summed E-state index contributed by atoms with van der Waals surface area (Å²) in [5.41, 5.74) is 0.148. The van der Waals surface area contributed by atoms with E-state index in [-0.39, 0.29) is 29.9 Å². The van der Waals surface area contributed by atoms with Crippen molar-refractivity contribution in [3.05, 3.63) is 36.5 Å². The summed E-state index contributed by atoms with van der Waals surface area (Å²) in [6.07, 6.45) is 3.64. The SMILES string of the molecule is CCNc1cc(-c2nc(C(=O)Nc3cn(C)nc3N3CC(O)C(C)(C)C3=O)co2)ccn1. The number of hydrogen-bond donors (Lipinski definition) is 3. The van der Waals surface area contributed by atoms with Crippen LogP contribution in [0.3, 0.4) is 0 Å². The van der Waals surface area contributed by atoms with E-state index in [0.717, 1.165) is 6.54 Å². The first-order valence-electron chi connectivity index (χ1n) is 10.2. The third-order valence-electron chi connectivity index (χ3n) is 5.40. The predicted octanol–water partition coefficient (Wildman–Crippen LogP) is 1.89. The van der Waals surface area contributed by atoms with E-state index in [0.29, 0.717) is 17.1 Å². The number of nitrogens with one attached hydrogen (secondary N) is 2. The highest BCUT2D eigenvalue weighted by atomic mass is 16.3. The lowest BCUT2D eigenvalue weighted by atomic mass is 9.89. The second-order valence-electron chi connectivity index (χ2n) is 8.15. The van der Waals surface area contributed by atoms with Crippen LogP contribution in [0.15, 0.2) is 35.2 Å². The number of β-amino-alcohol motifs (C(OH)–C–C–N with tert-alkyl or cyclic N) is 1. The Morgan fingerprint density at radius 1 is 1.41 bits per heavy atom. The maximum atomic E-state index is 12.8. The fraction of sp³-hybridized carbons (Fsp3) is 0.381. The minimum Gasteiger partial charge on any atom is -0.444 e. The Bertz CT molecular complexity index is 1170. The summed E-state index contributed by atoms with van der Waals surface area (Å²) in [6, 6.07) is 3.52. The quantitative estimate of drug-likeness (QED) is 0.529. The summed E-state index contributed by atoms with van der Waals surface area (Å²) in [5.74, 6) is 0.444. The van der Waals surface area contributed by atoms with Crippen LogP contribution in [0.25, 0.3) is 11.5 Å². The molecule has 4 rings (SSSR count). The van der Waals surface area contributed by atoms with Crippen molar-refractivity contribution in [1.82, 2.24) is 19.7 Å². The van der Waals surface area contributed by atoms with Crippen molar-refractivity contribution in [3.8, 4) is 11.5 Å². The molecule has 0 radical (unpaired) electrons. The molecule has 1 fully saturated rings. The first kappa shape index (κ1) is 21.5. The van der Waals surface area contributed by atoms with Crippen LogP contribution in [0, 0.1) is 5.41 Å². The van der Waals surface area contributed by atoms with Crippen molar-refractivity contribution in [2.75, 3.05) is 28.6 Å². The summed E-state index contributed by atoms with van der Waals surface area (Å²) >= 11 is 0. The standard InChI is InChI=1S/C21H25N7O4/c1-5-22-16-8-12(6-7-23-16)19-25-14(11-32-19)18(30)24-13-9-27(4)26-17(13)28-10-15(29)21(2,3)20(28)31/h6-9,11,15,29H,5,10H2,1-4H3,(H,22,23)(H,24,30). The van der Waals surface area contributed by atoms with Crippen LogP contribution < -0.4 is 15.5 Å². The Morgan fingerprint density at radius 3 is 2.88 bits per heavy atom. The van der Waals surface area contributed by atoms with Gasteiger partial charge < -0.3 is 20.2 Å². The van der Waals surface area contributed by atoms with Crippen LogP contribution >= 0.6 is 0 Å². The lowest BCUT2D eigenvalue weighted by Crippen LogP contribution is -2.33. The van der Waals surface area contributed by atoms with Crippen LogP contribution in [-0.2, 0) is 11.8 Å². The molecule has 0 aromatic carbocycles. The molecular formula is C21H25N7O4. The number of pyridine rings is 1. The zero-order chi connectivity index (χ0) is 23.0. The van der Waals surface area contributed by atoms with Gasteiger partial charge in [0.15, 0.2) is 11.5 Å². The maximum Gasteiger partial charge on any atom is 0.277 e. The number of aryl methyl sites for hydroxylation is 1. The smallest absolute Gasteiger partial charge is 0.277 e. The molecule has 11 heteroatoms. The van der Waals surface area contributed by atoms with Gasteiger partial charge in [0.1, 0.15) is 17.8 Å². The molecule has 168 valence electrons. The minimum absolute atomic E-state index is 0.0738. The number of hydrogen-bond acceptors (Lipinski definition) is 8. The summed E-state index contributed by atoms with van der Waals surface area (Å²) in [6.45, 7) is 6.14. The first-order chi connectivity index (χ1) is 15.2. The van der Waals surface area contributed by atoms with Gasteiger partial charge in [-0.2, -0.15) is 5.10 Å². The molecule has 1 aliphatic rings. The molecule has 0 spiro atoms. The number of amides is 2. The van der Waals surface area contributed by atoms with Crippen LogP contribution in [0.1, 0.15) is 31.3 Å². The number of carbonyl (C=O) groups excluding carboxylic acids is 2. The van der Waals surface area contributed by atoms with Crippen molar-refractivity contribution in [2.24, 2.45) is 12.5 Å². The normalized spacial score (nSPS) is 17.6. The van der Waals surface area contributed by atoms with Crippen molar-refractivity contribution in [1.29, 1.82) is 0 Å². The Balaban J connectivity index is 1.55. The van der Waals surface area contributed by atoms with Gasteiger partial charge in [0, 0.05) is 25.4 Å². The second kappa shape index (κ2) is 8.08. The van der Waals surface area contributed by atoms with Gasteiger partial charge in [-0.3, -0.25) is 19.2 Å². The molecule has 1 aliphatic heterocycles. The van der Waals surface area contributed by atoms with Crippen LogP contribution in [0.2, 0.25) is 0 Å². The van der Waals surface area contributed by atoms with Gasteiger partial charge in [-0.05, 0) is 32.9 Å². The first-order valence-corrected chi connectivity index (χ1v) is 10.2. The second-order valence-corrected chi connectivity index (χ2v) is 8.15. The molecule has 3 aromatic heterocycles. The van der Waals surface area contributed by atoms with E-state index in [4.69, 9.17) is 4.42 Å². The molecule has 32 heavy (non-hydrogen) atoms. The average Bonchev–Trinajstić information content (AvgIpc) is 3.43. The zero-order valence-corrected chi connectivity index (χ0v) is 18.3. The van der Waals surface area contributed by atoms with E-state index in [1.54, 1.807) is 45.4 Å². The Kier molecular flexibility index (Phi) is 5.43. The number of rotatable bonds is 6. The lowest BCUT2D eigenvalue weighted by Gasteiger charge is -2.19. The average molecular weight is 439 g/mol. The minimum atomic E-state index is -0.935. The van der Waals surface area contributed by atoms with Crippen LogP contribution in [0.4, 0.5) is 17.3 Å². The fourth-order valence-corrected chi connectivity index (χ4v) is 3.46. The molecule has 0 bridgehead atoms. The molecule has 1 saturated heterocycles. The van der Waals surface area contributed by atoms with Gasteiger partial charge in [-0.25, -0.2) is 9.97 Å².